The molecule has 0 spiro atoms. The van der Waals surface area contributed by atoms with Crippen LogP contribution in [-0.4, -0.2) is 34.7 Å². The molecule has 7 heteroatoms. The van der Waals surface area contributed by atoms with E-state index < -0.39 is 0 Å². The van der Waals surface area contributed by atoms with Gasteiger partial charge >= 0.3 is 0 Å². The molecule has 6 nitrogen and oxygen atoms in total. The SMILES string of the molecule is Cc1nc(N2CCC(C(N)=O)CC2)nc2c1C(=O)C[C@H](c1ccc(F)cc1)C2. The second-order valence-electron chi connectivity index (χ2n) is 7.67. The molecule has 1 saturated heterocycles. The van der Waals surface area contributed by atoms with E-state index in [-0.39, 0.29) is 29.3 Å². The minimum absolute atomic E-state index is 0.0108. The number of hydrogen-bond acceptors (Lipinski definition) is 5. The quantitative estimate of drug-likeness (QED) is 0.881. The zero-order valence-corrected chi connectivity index (χ0v) is 15.8. The molecule has 2 N–H and O–H groups in total. The van der Waals surface area contributed by atoms with E-state index in [1.165, 1.54) is 12.1 Å². The molecule has 146 valence electrons. The summed E-state index contributed by atoms with van der Waals surface area (Å²) in [6.45, 7) is 3.18. The van der Waals surface area contributed by atoms with Crippen LogP contribution in [0.4, 0.5) is 10.3 Å². The Hall–Kier alpha value is -2.83. The molecule has 1 aliphatic heterocycles. The molecule has 1 atom stereocenters. The van der Waals surface area contributed by atoms with Crippen molar-refractivity contribution in [2.24, 2.45) is 11.7 Å². The number of Topliss-reactive ketones (excluding diaryl/α,β-unsaturated/α-hetero) is 1. The number of aromatic nitrogens is 2. The monoisotopic (exact) mass is 382 g/mol. The van der Waals surface area contributed by atoms with Gasteiger partial charge in [0, 0.05) is 25.4 Å². The van der Waals surface area contributed by atoms with Gasteiger partial charge in [0.2, 0.25) is 11.9 Å². The van der Waals surface area contributed by atoms with Crippen molar-refractivity contribution < 1.29 is 14.0 Å². The van der Waals surface area contributed by atoms with Crippen molar-refractivity contribution in [1.29, 1.82) is 0 Å². The molecular weight excluding hydrogens is 359 g/mol. The predicted molar refractivity (Wildman–Crippen MR) is 103 cm³/mol. The Balaban J connectivity index is 1.60. The number of amides is 1. The van der Waals surface area contributed by atoms with E-state index >= 15 is 0 Å². The van der Waals surface area contributed by atoms with Gasteiger partial charge < -0.3 is 10.6 Å². The first-order chi connectivity index (χ1) is 13.4. The van der Waals surface area contributed by atoms with Crippen molar-refractivity contribution in [1.82, 2.24) is 9.97 Å². The van der Waals surface area contributed by atoms with Crippen LogP contribution in [0.1, 0.15) is 52.5 Å². The highest BCUT2D eigenvalue weighted by Crippen LogP contribution is 2.34. The molecule has 0 radical (unpaired) electrons. The van der Waals surface area contributed by atoms with Gasteiger partial charge in [0.05, 0.1) is 17.0 Å². The molecule has 2 heterocycles. The second kappa shape index (κ2) is 7.30. The molecular formula is C21H23FN4O2. The molecule has 1 amide bonds. The number of benzene rings is 1. The van der Waals surface area contributed by atoms with E-state index in [1.807, 2.05) is 6.92 Å². The average molecular weight is 382 g/mol. The number of primary amides is 1. The highest BCUT2D eigenvalue weighted by Gasteiger charge is 2.31. The zero-order chi connectivity index (χ0) is 19.8. The summed E-state index contributed by atoms with van der Waals surface area (Å²) in [6, 6.07) is 6.33. The minimum atomic E-state index is -0.286. The Morgan fingerprint density at radius 3 is 2.46 bits per heavy atom. The Bertz CT molecular complexity index is 921. The summed E-state index contributed by atoms with van der Waals surface area (Å²) >= 11 is 0. The van der Waals surface area contributed by atoms with Gasteiger partial charge in [0.15, 0.2) is 5.78 Å². The lowest BCUT2D eigenvalue weighted by atomic mass is 9.81. The fourth-order valence-corrected chi connectivity index (χ4v) is 4.23. The Labute approximate surface area is 163 Å². The van der Waals surface area contributed by atoms with Crippen LogP contribution in [0.2, 0.25) is 0 Å². The number of carbonyl (C=O) groups excluding carboxylic acids is 2. The maximum Gasteiger partial charge on any atom is 0.225 e. The van der Waals surface area contributed by atoms with Gasteiger partial charge in [-0.3, -0.25) is 9.59 Å². The van der Waals surface area contributed by atoms with Crippen LogP contribution in [0.3, 0.4) is 0 Å². The molecule has 0 bridgehead atoms. The van der Waals surface area contributed by atoms with Crippen molar-refractivity contribution in [3.8, 4) is 0 Å². The van der Waals surface area contributed by atoms with Crippen LogP contribution < -0.4 is 10.6 Å². The van der Waals surface area contributed by atoms with Gasteiger partial charge in [-0.15, -0.1) is 0 Å². The summed E-state index contributed by atoms with van der Waals surface area (Å²) in [6.07, 6.45) is 2.38. The van der Waals surface area contributed by atoms with E-state index in [2.05, 4.69) is 9.88 Å². The maximum atomic E-state index is 13.2. The highest BCUT2D eigenvalue weighted by atomic mass is 19.1. The van der Waals surface area contributed by atoms with Crippen LogP contribution in [0, 0.1) is 18.7 Å². The Kier molecular flexibility index (Phi) is 4.83. The number of hydrogen-bond donors (Lipinski definition) is 1. The zero-order valence-electron chi connectivity index (χ0n) is 15.8. The molecule has 2 aromatic rings. The average Bonchev–Trinajstić information content (AvgIpc) is 2.68. The van der Waals surface area contributed by atoms with Crippen molar-refractivity contribution in [3.63, 3.8) is 0 Å². The molecule has 2 aliphatic rings. The lowest BCUT2D eigenvalue weighted by molar-refractivity contribution is -0.122. The van der Waals surface area contributed by atoms with Crippen LogP contribution in [0.25, 0.3) is 0 Å². The van der Waals surface area contributed by atoms with E-state index in [4.69, 9.17) is 10.7 Å². The number of ketones is 1. The first-order valence-corrected chi connectivity index (χ1v) is 9.63. The molecule has 0 unspecified atom stereocenters. The third-order valence-corrected chi connectivity index (χ3v) is 5.83. The lowest BCUT2D eigenvalue weighted by Gasteiger charge is -2.32. The van der Waals surface area contributed by atoms with Gasteiger partial charge in [-0.05, 0) is 49.8 Å². The first-order valence-electron chi connectivity index (χ1n) is 9.63. The highest BCUT2D eigenvalue weighted by molar-refractivity contribution is 5.99. The molecule has 1 fully saturated rings. The van der Waals surface area contributed by atoms with Crippen LogP contribution >= 0.6 is 0 Å². The molecule has 4 rings (SSSR count). The summed E-state index contributed by atoms with van der Waals surface area (Å²) in [5.74, 6) is -0.0115. The van der Waals surface area contributed by atoms with Crippen LogP contribution in [0.5, 0.6) is 0 Å². The Morgan fingerprint density at radius 1 is 1.14 bits per heavy atom. The number of aryl methyl sites for hydroxylation is 1. The van der Waals surface area contributed by atoms with E-state index in [1.54, 1.807) is 12.1 Å². The number of rotatable bonds is 3. The normalized spacial score (nSPS) is 20.1. The second-order valence-corrected chi connectivity index (χ2v) is 7.67. The van der Waals surface area contributed by atoms with Crippen molar-refractivity contribution in [3.05, 3.63) is 52.6 Å². The van der Waals surface area contributed by atoms with Crippen molar-refractivity contribution in [2.75, 3.05) is 18.0 Å². The molecule has 1 aliphatic carbocycles. The topological polar surface area (TPSA) is 89.2 Å². The summed E-state index contributed by atoms with van der Waals surface area (Å²) in [5.41, 5.74) is 8.43. The summed E-state index contributed by atoms with van der Waals surface area (Å²) in [7, 11) is 0. The number of carbonyl (C=O) groups is 2. The number of nitrogens with two attached hydrogens (primary N) is 1. The van der Waals surface area contributed by atoms with Crippen LogP contribution in [-0.2, 0) is 11.2 Å². The third kappa shape index (κ3) is 3.48. The van der Waals surface area contributed by atoms with Crippen molar-refractivity contribution in [2.45, 2.75) is 38.5 Å². The fraction of sp³-hybridized carbons (Fsp3) is 0.429. The largest absolute Gasteiger partial charge is 0.369 e. The van der Waals surface area contributed by atoms with E-state index in [0.29, 0.717) is 56.0 Å². The lowest BCUT2D eigenvalue weighted by Crippen LogP contribution is -2.39. The van der Waals surface area contributed by atoms with Gasteiger partial charge in [-0.1, -0.05) is 12.1 Å². The smallest absolute Gasteiger partial charge is 0.225 e. The Morgan fingerprint density at radius 2 is 1.82 bits per heavy atom. The number of fused-ring (bicyclic) bond motifs is 1. The van der Waals surface area contributed by atoms with Crippen LogP contribution in [0.15, 0.2) is 24.3 Å². The van der Waals surface area contributed by atoms with Gasteiger partial charge in [-0.25, -0.2) is 14.4 Å². The third-order valence-electron chi connectivity index (χ3n) is 5.83. The standard InChI is InChI=1S/C21H23FN4O2/c1-12-19-17(10-15(11-18(19)27)13-2-4-16(22)5-3-13)25-21(24-12)26-8-6-14(7-9-26)20(23)28/h2-5,14-15H,6-11H2,1H3,(H2,23,28)/t15-/m1/s1. The number of piperidine rings is 1. The van der Waals surface area contributed by atoms with Gasteiger partial charge in [0.1, 0.15) is 5.82 Å². The molecule has 0 saturated carbocycles. The minimum Gasteiger partial charge on any atom is -0.369 e. The van der Waals surface area contributed by atoms with Crippen molar-refractivity contribution >= 4 is 17.6 Å². The molecule has 1 aromatic carbocycles. The fourth-order valence-electron chi connectivity index (χ4n) is 4.23. The summed E-state index contributed by atoms with van der Waals surface area (Å²) < 4.78 is 13.2. The van der Waals surface area contributed by atoms with E-state index in [9.17, 15) is 14.0 Å². The number of anilines is 1. The number of halogens is 1. The predicted octanol–water partition coefficient (Wildman–Crippen LogP) is 2.54. The summed E-state index contributed by atoms with van der Waals surface area (Å²) in [5, 5.41) is 0. The summed E-state index contributed by atoms with van der Waals surface area (Å²) in [4.78, 5) is 35.5. The number of nitrogens with zero attached hydrogens (tertiary/aromatic N) is 3. The van der Waals surface area contributed by atoms with Gasteiger partial charge in [-0.2, -0.15) is 0 Å². The van der Waals surface area contributed by atoms with Gasteiger partial charge in [0.25, 0.3) is 0 Å². The molecule has 1 aromatic heterocycles. The van der Waals surface area contributed by atoms with E-state index in [0.717, 1.165) is 11.3 Å². The molecule has 28 heavy (non-hydrogen) atoms. The maximum absolute atomic E-state index is 13.2. The first kappa shape index (κ1) is 18.5.